The average molecular weight is 1340 g/mol. The Morgan fingerprint density at radius 1 is 0.284 bits per heavy atom. The third kappa shape index (κ3) is 9.55. The van der Waals surface area contributed by atoms with E-state index in [2.05, 4.69) is 298 Å². The molecule has 0 spiro atoms. The molecular weight excluding hydrogens is 1270 g/mol. The smallest absolute Gasteiger partial charge is 0.455 e. The van der Waals surface area contributed by atoms with Crippen LogP contribution in [0.15, 0.2) is 288 Å². The van der Waals surface area contributed by atoms with Crippen molar-refractivity contribution in [3.8, 4) is 56.0 Å². The van der Waals surface area contributed by atoms with Crippen molar-refractivity contribution >= 4 is 133 Å². The number of halogens is 1. The maximum atomic E-state index is 6.38. The van der Waals surface area contributed by atoms with E-state index in [0.29, 0.717) is 5.15 Å². The minimum atomic E-state index is -0.375. The van der Waals surface area contributed by atoms with Crippen LogP contribution in [0.25, 0.3) is 165 Å². The highest BCUT2D eigenvalue weighted by molar-refractivity contribution is 6.62. The van der Waals surface area contributed by atoms with E-state index >= 15 is 0 Å². The number of nitrogens with zero attached hydrogens (tertiary/aromatic N) is 2. The number of para-hydroxylation sites is 4. The van der Waals surface area contributed by atoms with Gasteiger partial charge in [-0.1, -0.05) is 264 Å². The molecule has 8 heteroatoms. The van der Waals surface area contributed by atoms with Crippen LogP contribution in [-0.2, 0) is 20.1 Å². The van der Waals surface area contributed by atoms with Gasteiger partial charge in [0.05, 0.1) is 28.3 Å². The predicted molar refractivity (Wildman–Crippen MR) is 427 cm³/mol. The summed E-state index contributed by atoms with van der Waals surface area (Å²) in [4.78, 5) is 10.1. The molecule has 6 nitrogen and oxygen atoms in total. The molecule has 1 saturated heterocycles. The molecule has 0 amide bonds. The second-order valence-electron chi connectivity index (χ2n) is 29.8. The molecule has 5 heterocycles. The molecule has 2 aliphatic carbocycles. The summed E-state index contributed by atoms with van der Waals surface area (Å²) >= 11 is 6.26. The lowest BCUT2D eigenvalue weighted by Gasteiger charge is -2.32. The zero-order valence-corrected chi connectivity index (χ0v) is 58.8. The first-order valence-corrected chi connectivity index (χ1v) is 35.7. The van der Waals surface area contributed by atoms with Gasteiger partial charge in [0.2, 0.25) is 0 Å². The Morgan fingerprint density at radius 3 is 1.12 bits per heavy atom. The average Bonchev–Trinajstić information content (AvgIpc) is 1.47. The second kappa shape index (κ2) is 22.9. The van der Waals surface area contributed by atoms with Crippen LogP contribution in [0.5, 0.6) is 0 Å². The Labute approximate surface area is 596 Å². The lowest BCUT2D eigenvalue weighted by atomic mass is 9.78. The highest BCUT2D eigenvalue weighted by Gasteiger charge is 2.52. The standard InChI is InChI=1S/C44H29NO.C26H18ClN.C24H23BO3/c1-44(2)38-21-22-40(27-12-9-11-26(23-27)28-18-10-19-34-33-17-7-8-20-41(33)46-43(28)34)45-42(38)37-24-35-31-15-5-3-13-29(31)30-14-4-6-16-32(30)36(35)25-39(37)44;1-26(2)22-11-12-24(27)28-25(22)21-13-19-17-9-5-3-7-15(17)16-8-4-6-10-18(16)20(19)14-23(21)26;1-23(2)24(3,4)28-25(27-23)17-10-7-9-16(15-17)18-12-8-13-20-19-11-5-6-14-21(19)26-22(18)20/h3-25H,1-2H3;3-14H,1-2H3;5-15H,1-4H3. The van der Waals surface area contributed by atoms with Gasteiger partial charge in [0, 0.05) is 60.2 Å². The zero-order valence-electron chi connectivity index (χ0n) is 58.0. The van der Waals surface area contributed by atoms with Gasteiger partial charge >= 0.3 is 7.12 Å². The number of aromatic nitrogens is 2. The molecule has 0 unspecified atom stereocenters. The third-order valence-corrected chi connectivity index (χ3v) is 22.9. The second-order valence-corrected chi connectivity index (χ2v) is 30.2. The van der Waals surface area contributed by atoms with Crippen LogP contribution in [0.2, 0.25) is 5.15 Å². The molecule has 0 atom stereocenters. The molecular formula is C94H70BClN2O4. The first-order valence-electron chi connectivity index (χ1n) is 35.3. The molecule has 0 saturated carbocycles. The van der Waals surface area contributed by atoms with Crippen LogP contribution in [0.3, 0.4) is 0 Å². The van der Waals surface area contributed by atoms with Gasteiger partial charge in [0.25, 0.3) is 0 Å². The lowest BCUT2D eigenvalue weighted by molar-refractivity contribution is 0.00578. The largest absolute Gasteiger partial charge is 0.494 e. The molecule has 3 aliphatic rings. The van der Waals surface area contributed by atoms with E-state index in [1.165, 1.54) is 98.0 Å². The van der Waals surface area contributed by atoms with Crippen molar-refractivity contribution < 1.29 is 18.1 Å². The highest BCUT2D eigenvalue weighted by atomic mass is 35.5. The molecule has 21 rings (SSSR count). The SMILES string of the molecule is CC1(C)OB(c2cccc(-c3cccc4c3oc3ccccc34)c2)OC1(C)C.CC1(C)c2cc3c4ccccc4c4ccccc4c3cc2-c2nc(-c3cccc(-c4cccc5c4oc4ccccc45)c3)ccc21.CC1(C)c2cc3c4ccccc4c4ccccc4c3cc2-c2nc(Cl)ccc21. The Hall–Kier alpha value is -11.2. The normalized spacial score (nSPS) is 15.1. The quantitative estimate of drug-likeness (QED) is 0.0993. The summed E-state index contributed by atoms with van der Waals surface area (Å²) in [6, 6.07) is 99.3. The van der Waals surface area contributed by atoms with Crippen LogP contribution in [0.4, 0.5) is 0 Å². The fraction of sp³-hybridized carbons (Fsp3) is 0.128. The van der Waals surface area contributed by atoms with Crippen LogP contribution in [0, 0.1) is 0 Å². The summed E-state index contributed by atoms with van der Waals surface area (Å²) in [7, 11) is -0.375. The van der Waals surface area contributed by atoms with E-state index in [1.54, 1.807) is 0 Å². The fourth-order valence-electron chi connectivity index (χ4n) is 16.7. The molecule has 0 bridgehead atoms. The van der Waals surface area contributed by atoms with E-state index in [1.807, 2.05) is 36.4 Å². The van der Waals surface area contributed by atoms with Crippen molar-refractivity contribution in [1.29, 1.82) is 0 Å². The number of pyridine rings is 2. The summed E-state index contributed by atoms with van der Waals surface area (Å²) in [5.74, 6) is 0. The van der Waals surface area contributed by atoms with Crippen molar-refractivity contribution in [2.45, 2.75) is 77.4 Å². The van der Waals surface area contributed by atoms with Crippen molar-refractivity contribution in [2.75, 3.05) is 0 Å². The van der Waals surface area contributed by atoms with Crippen LogP contribution in [-0.4, -0.2) is 28.3 Å². The van der Waals surface area contributed by atoms with Gasteiger partial charge < -0.3 is 18.1 Å². The summed E-state index contributed by atoms with van der Waals surface area (Å²) in [6.45, 7) is 17.5. The van der Waals surface area contributed by atoms with E-state index in [9.17, 15) is 0 Å². The number of benzene rings is 14. The number of hydrogen-bond donors (Lipinski definition) is 0. The topological polar surface area (TPSA) is 70.5 Å². The number of rotatable bonds is 4. The molecule has 490 valence electrons. The maximum Gasteiger partial charge on any atom is 0.494 e. The Kier molecular flexibility index (Phi) is 13.9. The molecule has 102 heavy (non-hydrogen) atoms. The summed E-state index contributed by atoms with van der Waals surface area (Å²) in [6.07, 6.45) is 0. The van der Waals surface area contributed by atoms with Gasteiger partial charge in [-0.25, -0.2) is 9.97 Å². The first kappa shape index (κ1) is 61.9. The van der Waals surface area contributed by atoms with Gasteiger partial charge in [-0.15, -0.1) is 0 Å². The first-order chi connectivity index (χ1) is 49.5. The monoisotopic (exact) mass is 1340 g/mol. The minimum absolute atomic E-state index is 0.0941. The van der Waals surface area contributed by atoms with Gasteiger partial charge in [-0.2, -0.15) is 0 Å². The van der Waals surface area contributed by atoms with Crippen LogP contribution in [0.1, 0.15) is 77.6 Å². The van der Waals surface area contributed by atoms with Crippen molar-refractivity contribution in [1.82, 2.24) is 9.97 Å². The zero-order chi connectivity index (χ0) is 69.1. The van der Waals surface area contributed by atoms with E-state index in [-0.39, 0.29) is 29.2 Å². The molecule has 0 radical (unpaired) electrons. The van der Waals surface area contributed by atoms with Crippen LogP contribution >= 0.6 is 11.6 Å². The molecule has 18 aromatic rings. The van der Waals surface area contributed by atoms with Gasteiger partial charge in [0.15, 0.2) is 0 Å². The van der Waals surface area contributed by atoms with E-state index in [4.69, 9.17) is 39.7 Å². The minimum Gasteiger partial charge on any atom is -0.455 e. The van der Waals surface area contributed by atoms with Crippen LogP contribution < -0.4 is 5.46 Å². The molecule has 1 aliphatic heterocycles. The number of hydrogen-bond acceptors (Lipinski definition) is 6. The molecule has 1 fully saturated rings. The van der Waals surface area contributed by atoms with E-state index < -0.39 is 0 Å². The summed E-state index contributed by atoms with van der Waals surface area (Å²) in [5.41, 5.74) is 19.9. The molecule has 4 aromatic heterocycles. The van der Waals surface area contributed by atoms with Crippen molar-refractivity contribution in [2.24, 2.45) is 0 Å². The van der Waals surface area contributed by atoms with Crippen molar-refractivity contribution in [3.63, 3.8) is 0 Å². The fourth-order valence-corrected chi connectivity index (χ4v) is 16.9. The number of furan rings is 2. The Morgan fingerprint density at radius 2 is 0.647 bits per heavy atom. The summed E-state index contributed by atoms with van der Waals surface area (Å²) in [5, 5.41) is 20.6. The number of fused-ring (bicyclic) bond motifs is 24. The van der Waals surface area contributed by atoms with Crippen molar-refractivity contribution in [3.05, 3.63) is 306 Å². The predicted octanol–water partition coefficient (Wildman–Crippen LogP) is 25.1. The highest BCUT2D eigenvalue weighted by Crippen LogP contribution is 2.54. The van der Waals surface area contributed by atoms with Gasteiger partial charge in [-0.3, -0.25) is 0 Å². The van der Waals surface area contributed by atoms with Gasteiger partial charge in [-0.05, 0) is 186 Å². The molecule has 0 N–H and O–H groups in total. The van der Waals surface area contributed by atoms with E-state index in [0.717, 1.165) is 94.2 Å². The maximum absolute atomic E-state index is 6.38. The Balaban J connectivity index is 0.000000112. The Bertz CT molecular complexity index is 6560. The van der Waals surface area contributed by atoms with Gasteiger partial charge in [0.1, 0.15) is 27.5 Å². The third-order valence-electron chi connectivity index (χ3n) is 22.7. The molecule has 14 aromatic carbocycles. The lowest BCUT2D eigenvalue weighted by Crippen LogP contribution is -2.41. The summed E-state index contributed by atoms with van der Waals surface area (Å²) < 4.78 is 25.1.